The summed E-state index contributed by atoms with van der Waals surface area (Å²) in [6, 6.07) is 12.8. The van der Waals surface area contributed by atoms with Gasteiger partial charge in [0.15, 0.2) is 0 Å². The van der Waals surface area contributed by atoms with Gasteiger partial charge < -0.3 is 10.1 Å². The van der Waals surface area contributed by atoms with Crippen molar-refractivity contribution in [2.24, 2.45) is 5.10 Å². The molecule has 28 heavy (non-hydrogen) atoms. The van der Waals surface area contributed by atoms with E-state index in [1.54, 1.807) is 25.4 Å². The number of nitrogens with one attached hydrogen (secondary N) is 3. The van der Waals surface area contributed by atoms with Gasteiger partial charge >= 0.3 is 0 Å². The second-order valence-corrected chi connectivity index (χ2v) is 6.47. The van der Waals surface area contributed by atoms with Crippen LogP contribution >= 0.6 is 11.8 Å². The van der Waals surface area contributed by atoms with E-state index in [1.807, 2.05) is 37.3 Å². The van der Waals surface area contributed by atoms with Crippen molar-refractivity contribution in [3.63, 3.8) is 0 Å². The van der Waals surface area contributed by atoms with Crippen molar-refractivity contribution in [1.29, 1.82) is 0 Å². The van der Waals surface area contributed by atoms with Gasteiger partial charge in [-0.25, -0.2) is 10.5 Å². The van der Waals surface area contributed by atoms with E-state index in [2.05, 4.69) is 36.0 Å². The highest BCUT2D eigenvalue weighted by Crippen LogP contribution is 2.23. The first kappa shape index (κ1) is 19.4. The third-order valence-electron chi connectivity index (χ3n) is 3.54. The van der Waals surface area contributed by atoms with Crippen molar-refractivity contribution in [3.8, 4) is 5.75 Å². The predicted molar refractivity (Wildman–Crippen MR) is 109 cm³/mol. The lowest BCUT2D eigenvalue weighted by Crippen LogP contribution is -2.14. The summed E-state index contributed by atoms with van der Waals surface area (Å²) < 4.78 is 5.21. The Morgan fingerprint density at radius 1 is 1.25 bits per heavy atom. The molecule has 3 N–H and O–H groups in total. The van der Waals surface area contributed by atoms with Crippen LogP contribution in [0.1, 0.15) is 12.6 Å². The SMILES string of the molecule is COc1ccccc1NC(=O)CSc1n[nH]c(N/N=C(\C)c2ccccn2)n1. The summed E-state index contributed by atoms with van der Waals surface area (Å²) in [4.78, 5) is 20.6. The van der Waals surface area contributed by atoms with Gasteiger partial charge in [0.25, 0.3) is 0 Å². The number of hydrogen-bond donors (Lipinski definition) is 3. The number of rotatable bonds is 8. The van der Waals surface area contributed by atoms with Crippen LogP contribution in [0.25, 0.3) is 0 Å². The Morgan fingerprint density at radius 2 is 2.07 bits per heavy atom. The van der Waals surface area contributed by atoms with Gasteiger partial charge in [-0.1, -0.05) is 30.0 Å². The number of amides is 1. The minimum absolute atomic E-state index is 0.158. The van der Waals surface area contributed by atoms with E-state index in [9.17, 15) is 4.79 Å². The number of aromatic amines is 1. The standard InChI is InChI=1S/C18H19N7O2S/c1-12(13-7-5-6-10-19-13)22-23-17-21-18(25-24-17)28-11-16(26)20-14-8-3-4-9-15(14)27-2/h3-10H,11H2,1-2H3,(H,20,26)(H2,21,23,24,25)/b22-12+. The number of anilines is 2. The third-order valence-corrected chi connectivity index (χ3v) is 4.39. The van der Waals surface area contributed by atoms with Gasteiger partial charge in [-0.3, -0.25) is 9.78 Å². The highest BCUT2D eigenvalue weighted by atomic mass is 32.2. The fourth-order valence-corrected chi connectivity index (χ4v) is 2.79. The number of hydrazone groups is 1. The summed E-state index contributed by atoms with van der Waals surface area (Å²) in [7, 11) is 1.56. The maximum absolute atomic E-state index is 12.1. The number of ether oxygens (including phenoxy) is 1. The largest absolute Gasteiger partial charge is 0.495 e. The Balaban J connectivity index is 1.51. The van der Waals surface area contributed by atoms with E-state index >= 15 is 0 Å². The lowest BCUT2D eigenvalue weighted by atomic mass is 10.3. The zero-order valence-electron chi connectivity index (χ0n) is 15.3. The average molecular weight is 397 g/mol. The molecule has 10 heteroatoms. The molecule has 144 valence electrons. The molecule has 0 bridgehead atoms. The number of thioether (sulfide) groups is 1. The molecule has 3 aromatic rings. The molecule has 9 nitrogen and oxygen atoms in total. The molecule has 2 aromatic heterocycles. The number of nitrogens with zero attached hydrogens (tertiary/aromatic N) is 4. The highest BCUT2D eigenvalue weighted by molar-refractivity contribution is 7.99. The van der Waals surface area contributed by atoms with E-state index in [1.165, 1.54) is 11.8 Å². The minimum atomic E-state index is -0.183. The number of H-pyrrole nitrogens is 1. The molecule has 0 atom stereocenters. The van der Waals surface area contributed by atoms with Crippen molar-refractivity contribution in [3.05, 3.63) is 54.4 Å². The van der Waals surface area contributed by atoms with Gasteiger partial charge in [-0.2, -0.15) is 10.1 Å². The zero-order chi connectivity index (χ0) is 19.8. The molecule has 0 aliphatic rings. The van der Waals surface area contributed by atoms with Crippen LogP contribution in [0.4, 0.5) is 11.6 Å². The summed E-state index contributed by atoms with van der Waals surface area (Å²) in [5.74, 6) is 0.957. The Hall–Kier alpha value is -3.40. The summed E-state index contributed by atoms with van der Waals surface area (Å²) in [6.45, 7) is 1.84. The minimum Gasteiger partial charge on any atom is -0.495 e. The first-order valence-corrected chi connectivity index (χ1v) is 9.34. The summed E-state index contributed by atoms with van der Waals surface area (Å²) >= 11 is 1.21. The van der Waals surface area contributed by atoms with Crippen molar-refractivity contribution in [2.75, 3.05) is 23.6 Å². The molecule has 0 radical (unpaired) electrons. The molecule has 2 heterocycles. The van der Waals surface area contributed by atoms with E-state index in [0.29, 0.717) is 28.3 Å². The van der Waals surface area contributed by atoms with Crippen LogP contribution in [-0.2, 0) is 4.79 Å². The number of para-hydroxylation sites is 2. The summed E-state index contributed by atoms with van der Waals surface area (Å²) in [5, 5.41) is 14.2. The van der Waals surface area contributed by atoms with E-state index in [4.69, 9.17) is 4.74 Å². The number of aromatic nitrogens is 4. The second-order valence-electron chi connectivity index (χ2n) is 5.53. The molecule has 3 rings (SSSR count). The molecule has 0 spiro atoms. The molecular formula is C18H19N7O2S. The van der Waals surface area contributed by atoms with Crippen LogP contribution < -0.4 is 15.5 Å². The van der Waals surface area contributed by atoms with Crippen LogP contribution in [0.2, 0.25) is 0 Å². The Labute approximate surface area is 166 Å². The lowest BCUT2D eigenvalue weighted by Gasteiger charge is -2.08. The van der Waals surface area contributed by atoms with Gasteiger partial charge in [0.1, 0.15) is 5.75 Å². The van der Waals surface area contributed by atoms with E-state index in [-0.39, 0.29) is 11.7 Å². The number of benzene rings is 1. The number of pyridine rings is 1. The van der Waals surface area contributed by atoms with E-state index < -0.39 is 0 Å². The van der Waals surface area contributed by atoms with Gasteiger partial charge in [0.05, 0.1) is 30.0 Å². The van der Waals surface area contributed by atoms with Crippen LogP contribution in [-0.4, -0.2) is 44.6 Å². The Kier molecular flexibility index (Phi) is 6.58. The van der Waals surface area contributed by atoms with Crippen LogP contribution in [0.3, 0.4) is 0 Å². The first-order valence-electron chi connectivity index (χ1n) is 8.35. The quantitative estimate of drug-likeness (QED) is 0.304. The smallest absolute Gasteiger partial charge is 0.240 e. The maximum atomic E-state index is 12.1. The third kappa shape index (κ3) is 5.30. The fraction of sp³-hybridized carbons (Fsp3) is 0.167. The van der Waals surface area contributed by atoms with Gasteiger partial charge in [0.2, 0.25) is 17.0 Å². The van der Waals surface area contributed by atoms with Crippen LogP contribution in [0, 0.1) is 0 Å². The summed E-state index contributed by atoms with van der Waals surface area (Å²) in [5.41, 5.74) is 4.88. The van der Waals surface area contributed by atoms with Crippen LogP contribution in [0.5, 0.6) is 5.75 Å². The second kappa shape index (κ2) is 9.51. The molecule has 1 aromatic carbocycles. The van der Waals surface area contributed by atoms with Crippen molar-refractivity contribution in [1.82, 2.24) is 20.2 Å². The first-order chi connectivity index (χ1) is 13.7. The summed E-state index contributed by atoms with van der Waals surface area (Å²) in [6.07, 6.45) is 1.70. The van der Waals surface area contributed by atoms with Crippen molar-refractivity contribution < 1.29 is 9.53 Å². The topological polar surface area (TPSA) is 117 Å². The molecule has 0 saturated carbocycles. The molecule has 1 amide bonds. The maximum Gasteiger partial charge on any atom is 0.240 e. The average Bonchev–Trinajstić information content (AvgIpc) is 3.19. The normalized spacial score (nSPS) is 11.1. The van der Waals surface area contributed by atoms with Crippen LogP contribution in [0.15, 0.2) is 58.9 Å². The highest BCUT2D eigenvalue weighted by Gasteiger charge is 2.10. The number of carbonyl (C=O) groups excluding carboxylic acids is 1. The van der Waals surface area contributed by atoms with Gasteiger partial charge in [-0.05, 0) is 31.2 Å². The molecule has 0 fully saturated rings. The van der Waals surface area contributed by atoms with E-state index in [0.717, 1.165) is 5.69 Å². The number of methoxy groups -OCH3 is 1. The Morgan fingerprint density at radius 3 is 2.86 bits per heavy atom. The van der Waals surface area contributed by atoms with Gasteiger partial charge in [0, 0.05) is 6.20 Å². The number of hydrogen-bond acceptors (Lipinski definition) is 8. The zero-order valence-corrected chi connectivity index (χ0v) is 16.2. The fourth-order valence-electron chi connectivity index (χ4n) is 2.20. The van der Waals surface area contributed by atoms with Crippen molar-refractivity contribution >= 4 is 35.0 Å². The molecule has 0 saturated heterocycles. The Bertz CT molecular complexity index is 959. The lowest BCUT2D eigenvalue weighted by molar-refractivity contribution is -0.113. The molecule has 0 aliphatic heterocycles. The number of carbonyl (C=O) groups is 1. The van der Waals surface area contributed by atoms with Crippen molar-refractivity contribution in [2.45, 2.75) is 12.1 Å². The monoisotopic (exact) mass is 397 g/mol. The molecular weight excluding hydrogens is 378 g/mol. The molecule has 0 aliphatic carbocycles. The molecule has 0 unspecified atom stereocenters. The predicted octanol–water partition coefficient (Wildman–Crippen LogP) is 2.78. The van der Waals surface area contributed by atoms with Gasteiger partial charge in [-0.15, -0.1) is 5.10 Å².